The van der Waals surface area contributed by atoms with Crippen LogP contribution in [0.2, 0.25) is 0 Å². The lowest BCUT2D eigenvalue weighted by Gasteiger charge is -2.02. The Kier molecular flexibility index (Phi) is 3.23. The van der Waals surface area contributed by atoms with Gasteiger partial charge in [0.1, 0.15) is 0 Å². The van der Waals surface area contributed by atoms with E-state index < -0.39 is 0 Å². The van der Waals surface area contributed by atoms with Crippen molar-refractivity contribution in [2.24, 2.45) is 5.73 Å². The van der Waals surface area contributed by atoms with Gasteiger partial charge in [0.25, 0.3) is 0 Å². The largest absolute Gasteiger partial charge is 0.394 e. The Morgan fingerprint density at radius 3 is 3.08 bits per heavy atom. The molecule has 1 aromatic heterocycles. The van der Waals surface area contributed by atoms with Gasteiger partial charge in [-0.15, -0.1) is 11.3 Å². The Morgan fingerprint density at radius 2 is 2.50 bits per heavy atom. The minimum atomic E-state index is -0.311. The Balaban J connectivity index is 2.71. The van der Waals surface area contributed by atoms with Crippen molar-refractivity contribution in [1.29, 1.82) is 5.26 Å². The third-order valence-electron chi connectivity index (χ3n) is 1.55. The molecule has 0 bridgehead atoms. The summed E-state index contributed by atoms with van der Waals surface area (Å²) >= 11 is 1.50. The van der Waals surface area contributed by atoms with Crippen molar-refractivity contribution in [2.75, 3.05) is 6.61 Å². The third-order valence-corrected chi connectivity index (χ3v) is 2.51. The van der Waals surface area contributed by atoms with Crippen molar-refractivity contribution in [3.63, 3.8) is 0 Å². The van der Waals surface area contributed by atoms with Gasteiger partial charge in [-0.1, -0.05) is 0 Å². The monoisotopic (exact) mass is 182 g/mol. The maximum absolute atomic E-state index is 8.74. The summed E-state index contributed by atoms with van der Waals surface area (Å²) in [5.74, 6) is 0. The molecule has 4 heteroatoms. The first-order valence-electron chi connectivity index (χ1n) is 3.58. The number of aliphatic hydroxyl groups is 1. The van der Waals surface area contributed by atoms with E-state index in [-0.39, 0.29) is 12.6 Å². The highest BCUT2D eigenvalue weighted by Crippen LogP contribution is 2.19. The van der Waals surface area contributed by atoms with Gasteiger partial charge >= 0.3 is 0 Å². The predicted molar refractivity (Wildman–Crippen MR) is 47.7 cm³/mol. The zero-order valence-corrected chi connectivity index (χ0v) is 7.34. The van der Waals surface area contributed by atoms with Crippen LogP contribution >= 0.6 is 11.3 Å². The highest BCUT2D eigenvalue weighted by Gasteiger charge is 2.06. The van der Waals surface area contributed by atoms with Crippen LogP contribution in [0.4, 0.5) is 0 Å². The van der Waals surface area contributed by atoms with Gasteiger partial charge in [0.2, 0.25) is 0 Å². The maximum Gasteiger partial charge on any atom is 0.0695 e. The molecule has 0 amide bonds. The summed E-state index contributed by atoms with van der Waals surface area (Å²) in [6, 6.07) is 3.62. The van der Waals surface area contributed by atoms with E-state index in [0.29, 0.717) is 6.42 Å². The topological polar surface area (TPSA) is 70.0 Å². The van der Waals surface area contributed by atoms with Crippen LogP contribution in [-0.4, -0.2) is 11.7 Å². The van der Waals surface area contributed by atoms with Crippen molar-refractivity contribution < 1.29 is 5.11 Å². The van der Waals surface area contributed by atoms with Crippen LogP contribution in [-0.2, 0) is 6.42 Å². The average molecular weight is 182 g/mol. The van der Waals surface area contributed by atoms with Crippen molar-refractivity contribution in [1.82, 2.24) is 0 Å². The van der Waals surface area contributed by atoms with E-state index in [1.54, 1.807) is 0 Å². The number of hydrogen-bond acceptors (Lipinski definition) is 4. The number of thiophene rings is 1. The van der Waals surface area contributed by atoms with Crippen LogP contribution in [0.3, 0.4) is 0 Å². The molecule has 3 N–H and O–H groups in total. The molecule has 0 aliphatic heterocycles. The molecule has 64 valence electrons. The zero-order chi connectivity index (χ0) is 8.97. The first-order chi connectivity index (χ1) is 5.77. The Labute approximate surface area is 75.1 Å². The first-order valence-corrected chi connectivity index (χ1v) is 4.46. The van der Waals surface area contributed by atoms with Crippen LogP contribution < -0.4 is 5.73 Å². The van der Waals surface area contributed by atoms with Crippen molar-refractivity contribution in [3.8, 4) is 6.07 Å². The van der Waals surface area contributed by atoms with Crippen LogP contribution in [0.25, 0.3) is 0 Å². The molecule has 0 unspecified atom stereocenters. The van der Waals surface area contributed by atoms with Gasteiger partial charge in [0, 0.05) is 4.88 Å². The summed E-state index contributed by atoms with van der Waals surface area (Å²) in [5, 5.41) is 19.0. The Morgan fingerprint density at radius 1 is 1.75 bits per heavy atom. The molecule has 0 spiro atoms. The fourth-order valence-electron chi connectivity index (χ4n) is 0.868. The second kappa shape index (κ2) is 4.21. The van der Waals surface area contributed by atoms with E-state index in [4.69, 9.17) is 16.1 Å². The first kappa shape index (κ1) is 9.20. The molecular formula is C8H10N2OS. The Bertz CT molecular complexity index is 289. The van der Waals surface area contributed by atoms with Crippen LogP contribution in [0.5, 0.6) is 0 Å². The number of nitrogens with zero attached hydrogens (tertiary/aromatic N) is 1. The molecule has 1 aromatic rings. The van der Waals surface area contributed by atoms with Gasteiger partial charge < -0.3 is 10.8 Å². The van der Waals surface area contributed by atoms with E-state index in [0.717, 1.165) is 10.4 Å². The van der Waals surface area contributed by atoms with E-state index in [1.807, 2.05) is 11.4 Å². The van der Waals surface area contributed by atoms with Gasteiger partial charge in [0.15, 0.2) is 0 Å². The lowest BCUT2D eigenvalue weighted by atomic mass is 10.1. The second-order valence-corrected chi connectivity index (χ2v) is 3.47. The number of rotatable bonds is 3. The summed E-state index contributed by atoms with van der Waals surface area (Å²) < 4.78 is 0. The quantitative estimate of drug-likeness (QED) is 0.726. The number of aliphatic hydroxyl groups excluding tert-OH is 1. The molecule has 0 fully saturated rings. The fraction of sp³-hybridized carbons (Fsp3) is 0.375. The zero-order valence-electron chi connectivity index (χ0n) is 6.53. The summed E-state index contributed by atoms with van der Waals surface area (Å²) in [5.41, 5.74) is 6.49. The number of hydrogen-bond donors (Lipinski definition) is 2. The minimum Gasteiger partial charge on any atom is -0.394 e. The predicted octanol–water partition coefficient (Wildman–Crippen LogP) is 0.806. The van der Waals surface area contributed by atoms with Crippen molar-refractivity contribution >= 4 is 11.3 Å². The number of nitrogens with two attached hydrogens (primary N) is 1. The molecule has 0 saturated heterocycles. The van der Waals surface area contributed by atoms with Gasteiger partial charge in [-0.2, -0.15) is 5.26 Å². The lowest BCUT2D eigenvalue weighted by Crippen LogP contribution is -2.13. The molecule has 3 nitrogen and oxygen atoms in total. The highest BCUT2D eigenvalue weighted by molar-refractivity contribution is 7.10. The minimum absolute atomic E-state index is 0.0529. The maximum atomic E-state index is 8.74. The van der Waals surface area contributed by atoms with Crippen LogP contribution in [0.1, 0.15) is 16.5 Å². The van der Waals surface area contributed by atoms with Gasteiger partial charge in [-0.05, 0) is 17.0 Å². The summed E-state index contributed by atoms with van der Waals surface area (Å²) in [6.07, 6.45) is 0.419. The summed E-state index contributed by atoms with van der Waals surface area (Å²) in [4.78, 5) is 0.997. The average Bonchev–Trinajstić information content (AvgIpc) is 2.52. The van der Waals surface area contributed by atoms with Crippen molar-refractivity contribution in [3.05, 3.63) is 21.9 Å². The van der Waals surface area contributed by atoms with E-state index in [9.17, 15) is 0 Å². The van der Waals surface area contributed by atoms with Gasteiger partial charge in [-0.3, -0.25) is 0 Å². The highest BCUT2D eigenvalue weighted by atomic mass is 32.1. The standard InChI is InChI=1S/C8H10N2OS/c9-2-1-7-3-6(5-12-7)8(10)4-11/h3,5,8,11H,1,4,10H2/t8-/m1/s1. The Hall–Kier alpha value is -0.890. The number of nitriles is 1. The molecule has 1 heterocycles. The molecule has 12 heavy (non-hydrogen) atoms. The molecule has 1 atom stereocenters. The summed E-state index contributed by atoms with van der Waals surface area (Å²) in [7, 11) is 0. The SMILES string of the molecule is N#CCc1cc([C@H](N)CO)cs1. The van der Waals surface area contributed by atoms with Gasteiger partial charge in [0.05, 0.1) is 25.1 Å². The van der Waals surface area contributed by atoms with E-state index in [1.165, 1.54) is 11.3 Å². The van der Waals surface area contributed by atoms with E-state index >= 15 is 0 Å². The summed E-state index contributed by atoms with van der Waals surface area (Å²) in [6.45, 7) is -0.0529. The van der Waals surface area contributed by atoms with E-state index in [2.05, 4.69) is 6.07 Å². The molecular weight excluding hydrogens is 172 g/mol. The fourth-order valence-corrected chi connectivity index (χ4v) is 1.75. The van der Waals surface area contributed by atoms with Crippen molar-refractivity contribution in [2.45, 2.75) is 12.5 Å². The second-order valence-electron chi connectivity index (χ2n) is 2.47. The van der Waals surface area contributed by atoms with Crippen LogP contribution in [0, 0.1) is 11.3 Å². The normalized spacial score (nSPS) is 12.4. The molecule has 1 rings (SSSR count). The third kappa shape index (κ3) is 2.05. The van der Waals surface area contributed by atoms with Gasteiger partial charge in [-0.25, -0.2) is 0 Å². The molecule has 0 radical (unpaired) electrons. The molecule has 0 aliphatic rings. The lowest BCUT2D eigenvalue weighted by molar-refractivity contribution is 0.268. The molecule has 0 aromatic carbocycles. The molecule has 0 aliphatic carbocycles. The molecule has 0 saturated carbocycles. The van der Waals surface area contributed by atoms with Crippen LogP contribution in [0.15, 0.2) is 11.4 Å². The smallest absolute Gasteiger partial charge is 0.0695 e.